The first-order valence-electron chi connectivity index (χ1n) is 8.37. The molecule has 0 spiro atoms. The van der Waals surface area contributed by atoms with Crippen LogP contribution in [0.5, 0.6) is 11.5 Å². The minimum atomic E-state index is -0.670. The van der Waals surface area contributed by atoms with Gasteiger partial charge in [0.25, 0.3) is 5.90 Å². The van der Waals surface area contributed by atoms with Crippen LogP contribution >= 0.6 is 11.6 Å². The number of hydrogen-bond donors (Lipinski definition) is 1. The Morgan fingerprint density at radius 3 is 2.73 bits per heavy atom. The summed E-state index contributed by atoms with van der Waals surface area (Å²) in [5.74, 6) is -0.570. The minimum absolute atomic E-state index is 0.0274. The Balaban J connectivity index is 2.32. The summed E-state index contributed by atoms with van der Waals surface area (Å²) < 4.78 is 11.1. The zero-order valence-corrected chi connectivity index (χ0v) is 15.9. The quantitative estimate of drug-likeness (QED) is 0.265. The number of phenolic OH excluding ortho intramolecular Hbond substituents is 1. The van der Waals surface area contributed by atoms with E-state index >= 15 is 0 Å². The van der Waals surface area contributed by atoms with E-state index in [4.69, 9.17) is 21.1 Å². The van der Waals surface area contributed by atoms with Gasteiger partial charge in [-0.3, -0.25) is 4.79 Å². The molecule has 7 nitrogen and oxygen atoms in total. The van der Waals surface area contributed by atoms with E-state index in [1.54, 1.807) is 13.0 Å². The van der Waals surface area contributed by atoms with Crippen LogP contribution in [-0.2, 0) is 20.8 Å². The van der Waals surface area contributed by atoms with Crippen molar-refractivity contribution in [2.45, 2.75) is 46.6 Å². The second-order valence-corrected chi connectivity index (χ2v) is 6.73. The third-order valence-corrected chi connectivity index (χ3v) is 4.01. The fourth-order valence-electron chi connectivity index (χ4n) is 2.60. The molecule has 142 valence electrons. The SMILES string of the molecule is CCO/C(=N/OC(C)=O)C1Cc2cc(C(=O)CC(C)C)c(O)c(Cl)c2O1. The van der Waals surface area contributed by atoms with Crippen LogP contribution in [0.4, 0.5) is 0 Å². The molecule has 1 unspecified atom stereocenters. The number of ether oxygens (including phenoxy) is 2. The highest BCUT2D eigenvalue weighted by Gasteiger charge is 2.34. The minimum Gasteiger partial charge on any atom is -0.505 e. The number of oxime groups is 1. The molecule has 1 heterocycles. The molecule has 0 fully saturated rings. The van der Waals surface area contributed by atoms with Gasteiger partial charge >= 0.3 is 5.97 Å². The molecule has 0 amide bonds. The summed E-state index contributed by atoms with van der Waals surface area (Å²) in [6.07, 6.45) is -0.0562. The monoisotopic (exact) mass is 383 g/mol. The number of fused-ring (bicyclic) bond motifs is 1. The van der Waals surface area contributed by atoms with Gasteiger partial charge in [-0.15, -0.1) is 0 Å². The van der Waals surface area contributed by atoms with Crippen LogP contribution in [0.15, 0.2) is 11.2 Å². The number of carbonyl (C=O) groups is 2. The number of nitrogens with zero attached hydrogens (tertiary/aromatic N) is 1. The predicted molar refractivity (Wildman–Crippen MR) is 95.8 cm³/mol. The number of hydrogen-bond acceptors (Lipinski definition) is 7. The standard InChI is InChI=1S/C18H22ClNO6/c1-5-24-18(20-26-10(4)21)14-8-11-7-12(13(22)6-9(2)3)16(23)15(19)17(11)25-14/h7,9,14,23H,5-6,8H2,1-4H3/b20-18+. The second kappa shape index (κ2) is 8.40. The van der Waals surface area contributed by atoms with E-state index in [-0.39, 0.29) is 39.7 Å². The average Bonchev–Trinajstić information content (AvgIpc) is 2.98. The van der Waals surface area contributed by atoms with Crippen molar-refractivity contribution in [2.24, 2.45) is 11.1 Å². The van der Waals surface area contributed by atoms with E-state index in [0.29, 0.717) is 25.0 Å². The smallest absolute Gasteiger partial charge is 0.332 e. The van der Waals surface area contributed by atoms with E-state index in [9.17, 15) is 14.7 Å². The van der Waals surface area contributed by atoms with E-state index in [1.807, 2.05) is 13.8 Å². The van der Waals surface area contributed by atoms with Crippen LogP contribution in [0.2, 0.25) is 5.02 Å². The van der Waals surface area contributed by atoms with Crippen molar-refractivity contribution in [1.29, 1.82) is 0 Å². The van der Waals surface area contributed by atoms with Gasteiger partial charge in [-0.25, -0.2) is 4.79 Å². The summed E-state index contributed by atoms with van der Waals surface area (Å²) in [4.78, 5) is 28.0. The van der Waals surface area contributed by atoms with Gasteiger partial charge in [-0.1, -0.05) is 25.4 Å². The first-order valence-corrected chi connectivity index (χ1v) is 8.74. The van der Waals surface area contributed by atoms with Crippen LogP contribution in [0, 0.1) is 5.92 Å². The van der Waals surface area contributed by atoms with E-state index in [0.717, 1.165) is 0 Å². The van der Waals surface area contributed by atoms with Crippen LogP contribution in [0.3, 0.4) is 0 Å². The fourth-order valence-corrected chi connectivity index (χ4v) is 2.87. The Morgan fingerprint density at radius 1 is 1.46 bits per heavy atom. The summed E-state index contributed by atoms with van der Waals surface area (Å²) in [7, 11) is 0. The highest BCUT2D eigenvalue weighted by molar-refractivity contribution is 6.34. The molecule has 0 bridgehead atoms. The molecule has 0 aliphatic carbocycles. The van der Waals surface area contributed by atoms with Gasteiger partial charge in [-0.2, -0.15) is 0 Å². The van der Waals surface area contributed by atoms with Crippen LogP contribution < -0.4 is 4.74 Å². The van der Waals surface area contributed by atoms with Crippen molar-refractivity contribution >= 4 is 29.3 Å². The molecule has 0 saturated heterocycles. The van der Waals surface area contributed by atoms with Crippen molar-refractivity contribution in [1.82, 2.24) is 0 Å². The van der Waals surface area contributed by atoms with E-state index in [2.05, 4.69) is 9.99 Å². The molecule has 0 saturated carbocycles. The zero-order chi connectivity index (χ0) is 19.4. The Hall–Kier alpha value is -2.28. The number of carbonyl (C=O) groups excluding carboxylic acids is 2. The summed E-state index contributed by atoms with van der Waals surface area (Å²) >= 11 is 6.21. The average molecular weight is 384 g/mol. The van der Waals surface area contributed by atoms with Gasteiger partial charge in [0, 0.05) is 25.3 Å². The first kappa shape index (κ1) is 20.0. The molecule has 1 N–H and O–H groups in total. The van der Waals surface area contributed by atoms with Gasteiger partial charge in [-0.05, 0) is 24.1 Å². The summed E-state index contributed by atoms with van der Waals surface area (Å²) in [6, 6.07) is 1.58. The summed E-state index contributed by atoms with van der Waals surface area (Å²) in [6.45, 7) is 7.12. The Morgan fingerprint density at radius 2 is 2.15 bits per heavy atom. The highest BCUT2D eigenvalue weighted by atomic mass is 35.5. The molecule has 2 rings (SSSR count). The number of halogens is 1. The van der Waals surface area contributed by atoms with E-state index in [1.165, 1.54) is 6.92 Å². The van der Waals surface area contributed by atoms with Gasteiger partial charge in [0.2, 0.25) is 0 Å². The number of phenols is 1. The van der Waals surface area contributed by atoms with Crippen molar-refractivity contribution in [3.63, 3.8) is 0 Å². The summed E-state index contributed by atoms with van der Waals surface area (Å²) in [5, 5.41) is 13.9. The molecule has 1 atom stereocenters. The lowest BCUT2D eigenvalue weighted by Gasteiger charge is -2.14. The lowest BCUT2D eigenvalue weighted by Crippen LogP contribution is -2.28. The third kappa shape index (κ3) is 4.46. The Kier molecular flexibility index (Phi) is 6.47. The normalized spacial score (nSPS) is 16.2. The number of rotatable bonds is 6. The molecular formula is C18H22ClNO6. The lowest BCUT2D eigenvalue weighted by atomic mass is 9.97. The van der Waals surface area contributed by atoms with Gasteiger partial charge in [0.15, 0.2) is 11.9 Å². The third-order valence-electron chi connectivity index (χ3n) is 3.66. The number of ketones is 1. The van der Waals surface area contributed by atoms with Crippen LogP contribution in [0.1, 0.15) is 50.0 Å². The van der Waals surface area contributed by atoms with Crippen LogP contribution in [-0.4, -0.2) is 35.5 Å². The lowest BCUT2D eigenvalue weighted by molar-refractivity contribution is -0.141. The molecule has 26 heavy (non-hydrogen) atoms. The molecule has 1 aliphatic rings. The van der Waals surface area contributed by atoms with Crippen LogP contribution in [0.25, 0.3) is 0 Å². The molecule has 1 aromatic carbocycles. The van der Waals surface area contributed by atoms with Gasteiger partial charge < -0.3 is 19.4 Å². The maximum absolute atomic E-state index is 12.4. The number of Topliss-reactive ketones (excluding diaryl/α,β-unsaturated/α-hetero) is 1. The maximum atomic E-state index is 12.4. The first-order chi connectivity index (χ1) is 12.2. The molecule has 8 heteroatoms. The van der Waals surface area contributed by atoms with Gasteiger partial charge in [0.1, 0.15) is 16.5 Å². The number of benzene rings is 1. The van der Waals surface area contributed by atoms with Crippen molar-refractivity contribution in [2.75, 3.05) is 6.61 Å². The van der Waals surface area contributed by atoms with Crippen molar-refractivity contribution in [3.05, 3.63) is 22.2 Å². The van der Waals surface area contributed by atoms with Crippen molar-refractivity contribution < 1.29 is 29.0 Å². The largest absolute Gasteiger partial charge is 0.505 e. The molecule has 0 radical (unpaired) electrons. The topological polar surface area (TPSA) is 94.4 Å². The van der Waals surface area contributed by atoms with Gasteiger partial charge in [0.05, 0.1) is 12.2 Å². The highest BCUT2D eigenvalue weighted by Crippen LogP contribution is 2.44. The predicted octanol–water partition coefficient (Wildman–Crippen LogP) is 3.49. The second-order valence-electron chi connectivity index (χ2n) is 6.35. The Bertz CT molecular complexity index is 744. The zero-order valence-electron chi connectivity index (χ0n) is 15.2. The Labute approximate surface area is 156 Å². The molecular weight excluding hydrogens is 362 g/mol. The molecule has 0 aromatic heterocycles. The van der Waals surface area contributed by atoms with Crippen molar-refractivity contribution in [3.8, 4) is 11.5 Å². The van der Waals surface area contributed by atoms with E-state index < -0.39 is 12.1 Å². The maximum Gasteiger partial charge on any atom is 0.332 e. The molecule has 1 aromatic rings. The number of aromatic hydroxyl groups is 1. The fraction of sp³-hybridized carbons (Fsp3) is 0.500. The molecule has 1 aliphatic heterocycles. The summed E-state index contributed by atoms with van der Waals surface area (Å²) in [5.41, 5.74) is 0.821.